The van der Waals surface area contributed by atoms with Crippen molar-refractivity contribution in [1.29, 1.82) is 0 Å². The monoisotopic (exact) mass is 418 g/mol. The fourth-order valence-electron chi connectivity index (χ4n) is 4.76. The van der Waals surface area contributed by atoms with E-state index in [2.05, 4.69) is 59.8 Å². The Kier molecular flexibility index (Phi) is 6.71. The highest BCUT2D eigenvalue weighted by molar-refractivity contribution is 5.93. The lowest BCUT2D eigenvalue weighted by molar-refractivity contribution is -0.121. The summed E-state index contributed by atoms with van der Waals surface area (Å²) in [4.78, 5) is 20.4. The van der Waals surface area contributed by atoms with E-state index in [0.717, 1.165) is 62.3 Å². The van der Waals surface area contributed by atoms with Crippen LogP contribution in [0.1, 0.15) is 57.5 Å². The van der Waals surface area contributed by atoms with Gasteiger partial charge in [-0.3, -0.25) is 9.69 Å². The van der Waals surface area contributed by atoms with Gasteiger partial charge in [0.2, 0.25) is 5.91 Å². The molecule has 1 amide bonds. The highest BCUT2D eigenvalue weighted by Gasteiger charge is 2.27. The number of amides is 1. The predicted octanol–water partition coefficient (Wildman–Crippen LogP) is 5.42. The summed E-state index contributed by atoms with van der Waals surface area (Å²) in [6, 6.07) is 16.9. The number of fused-ring (bicyclic) bond motifs is 1. The fourth-order valence-corrected chi connectivity index (χ4v) is 4.76. The number of rotatable bonds is 7. The number of carbonyl (C=O) groups excluding carboxylic acids is 1. The maximum atomic E-state index is 13.1. The van der Waals surface area contributed by atoms with Crippen LogP contribution < -0.4 is 5.32 Å². The van der Waals surface area contributed by atoms with Crippen LogP contribution in [0.3, 0.4) is 0 Å². The lowest BCUT2D eigenvalue weighted by Gasteiger charge is -2.32. The van der Waals surface area contributed by atoms with Crippen LogP contribution in [0.25, 0.3) is 11.0 Å². The molecule has 1 N–H and O–H groups in total. The minimum absolute atomic E-state index is 0.0142. The highest BCUT2D eigenvalue weighted by atomic mass is 16.1. The first-order valence-electron chi connectivity index (χ1n) is 11.6. The molecule has 164 valence electrons. The Morgan fingerprint density at radius 2 is 1.94 bits per heavy atom. The van der Waals surface area contributed by atoms with Crippen LogP contribution >= 0.6 is 0 Å². The molecular weight excluding hydrogens is 384 g/mol. The SMILES string of the molecule is CCCc1ccccc1NC(=O)[C@H]1CCCN(Cc2nc3ccccc3n2C(C)C)C1. The van der Waals surface area contributed by atoms with Gasteiger partial charge in [0.15, 0.2) is 0 Å². The summed E-state index contributed by atoms with van der Waals surface area (Å²) in [6.07, 6.45) is 4.04. The van der Waals surface area contributed by atoms with E-state index in [-0.39, 0.29) is 11.8 Å². The van der Waals surface area contributed by atoms with Gasteiger partial charge in [0.25, 0.3) is 0 Å². The van der Waals surface area contributed by atoms with Crippen LogP contribution in [0.2, 0.25) is 0 Å². The second-order valence-corrected chi connectivity index (χ2v) is 8.95. The van der Waals surface area contributed by atoms with Gasteiger partial charge >= 0.3 is 0 Å². The number of anilines is 1. The molecule has 2 aromatic carbocycles. The molecule has 1 atom stereocenters. The van der Waals surface area contributed by atoms with E-state index in [1.807, 2.05) is 24.3 Å². The average molecular weight is 419 g/mol. The lowest BCUT2D eigenvalue weighted by atomic mass is 9.96. The van der Waals surface area contributed by atoms with E-state index < -0.39 is 0 Å². The van der Waals surface area contributed by atoms with Crippen LogP contribution in [0, 0.1) is 5.92 Å². The summed E-state index contributed by atoms with van der Waals surface area (Å²) >= 11 is 0. The average Bonchev–Trinajstić information content (AvgIpc) is 3.13. The maximum absolute atomic E-state index is 13.1. The van der Waals surface area contributed by atoms with Crippen molar-refractivity contribution < 1.29 is 4.79 Å². The standard InChI is InChI=1S/C26H34N4O/c1-4-10-20-11-5-6-13-22(20)28-26(31)21-12-9-16-29(17-21)18-25-27-23-14-7-8-15-24(23)30(25)19(2)3/h5-8,11,13-15,19,21H,4,9-10,12,16-18H2,1-3H3,(H,28,31)/t21-/m0/s1. The molecule has 3 aromatic rings. The van der Waals surface area contributed by atoms with Crippen molar-refractivity contribution in [2.45, 2.75) is 59.0 Å². The number of aromatic nitrogens is 2. The highest BCUT2D eigenvalue weighted by Crippen LogP contribution is 2.25. The first kappa shape index (κ1) is 21.6. The zero-order valence-corrected chi connectivity index (χ0v) is 19.0. The maximum Gasteiger partial charge on any atom is 0.228 e. The lowest BCUT2D eigenvalue weighted by Crippen LogP contribution is -2.40. The number of para-hydroxylation sites is 3. The van der Waals surface area contributed by atoms with Gasteiger partial charge in [-0.1, -0.05) is 43.7 Å². The van der Waals surface area contributed by atoms with Crippen molar-refractivity contribution in [3.63, 3.8) is 0 Å². The Bertz CT molecular complexity index is 1040. The van der Waals surface area contributed by atoms with E-state index in [1.54, 1.807) is 0 Å². The molecule has 4 rings (SSSR count). The van der Waals surface area contributed by atoms with Gasteiger partial charge in [-0.25, -0.2) is 4.98 Å². The Morgan fingerprint density at radius 3 is 2.74 bits per heavy atom. The number of hydrogen-bond acceptors (Lipinski definition) is 3. The molecule has 5 nitrogen and oxygen atoms in total. The van der Waals surface area contributed by atoms with Gasteiger partial charge in [0.1, 0.15) is 5.82 Å². The largest absolute Gasteiger partial charge is 0.326 e. The van der Waals surface area contributed by atoms with E-state index in [1.165, 1.54) is 11.1 Å². The molecule has 31 heavy (non-hydrogen) atoms. The summed E-state index contributed by atoms with van der Waals surface area (Å²) in [5.41, 5.74) is 4.42. The Morgan fingerprint density at radius 1 is 1.16 bits per heavy atom. The van der Waals surface area contributed by atoms with Crippen molar-refractivity contribution in [2.75, 3.05) is 18.4 Å². The molecule has 0 bridgehead atoms. The number of nitrogens with one attached hydrogen (secondary N) is 1. The van der Waals surface area contributed by atoms with Crippen molar-refractivity contribution in [2.24, 2.45) is 5.92 Å². The zero-order valence-electron chi connectivity index (χ0n) is 19.0. The minimum Gasteiger partial charge on any atom is -0.326 e. The number of hydrogen-bond donors (Lipinski definition) is 1. The van der Waals surface area contributed by atoms with Crippen LogP contribution in [0.5, 0.6) is 0 Å². The second kappa shape index (κ2) is 9.65. The molecule has 1 aliphatic heterocycles. The van der Waals surface area contributed by atoms with Gasteiger partial charge in [0, 0.05) is 18.3 Å². The molecule has 0 spiro atoms. The minimum atomic E-state index is 0.0142. The molecule has 0 unspecified atom stereocenters. The molecule has 0 saturated carbocycles. The molecule has 1 fully saturated rings. The number of nitrogens with zero attached hydrogens (tertiary/aromatic N) is 3. The predicted molar refractivity (Wildman–Crippen MR) is 127 cm³/mol. The van der Waals surface area contributed by atoms with Gasteiger partial charge in [-0.15, -0.1) is 0 Å². The third kappa shape index (κ3) is 4.82. The molecule has 1 aromatic heterocycles. The van der Waals surface area contributed by atoms with Gasteiger partial charge in [-0.05, 0) is 63.4 Å². The fraction of sp³-hybridized carbons (Fsp3) is 0.462. The Balaban J connectivity index is 1.46. The van der Waals surface area contributed by atoms with Crippen LogP contribution in [-0.4, -0.2) is 33.4 Å². The number of likely N-dealkylation sites (tertiary alicyclic amines) is 1. The Hall–Kier alpha value is -2.66. The van der Waals surface area contributed by atoms with E-state index >= 15 is 0 Å². The molecule has 1 saturated heterocycles. The molecule has 5 heteroatoms. The number of imidazole rings is 1. The van der Waals surface area contributed by atoms with E-state index in [0.29, 0.717) is 6.04 Å². The molecule has 0 aliphatic carbocycles. The first-order chi connectivity index (χ1) is 15.1. The van der Waals surface area contributed by atoms with Crippen molar-refractivity contribution in [3.8, 4) is 0 Å². The molecule has 0 radical (unpaired) electrons. The van der Waals surface area contributed by atoms with E-state index in [4.69, 9.17) is 4.98 Å². The number of aryl methyl sites for hydroxylation is 1. The van der Waals surface area contributed by atoms with Crippen LogP contribution in [0.4, 0.5) is 5.69 Å². The summed E-state index contributed by atoms with van der Waals surface area (Å²) in [5, 5.41) is 3.21. The van der Waals surface area contributed by atoms with Crippen molar-refractivity contribution in [3.05, 3.63) is 59.9 Å². The van der Waals surface area contributed by atoms with Crippen molar-refractivity contribution in [1.82, 2.24) is 14.5 Å². The zero-order chi connectivity index (χ0) is 21.8. The van der Waals surface area contributed by atoms with Gasteiger partial charge in [0.05, 0.1) is 23.5 Å². The third-order valence-corrected chi connectivity index (χ3v) is 6.22. The van der Waals surface area contributed by atoms with E-state index in [9.17, 15) is 4.79 Å². The smallest absolute Gasteiger partial charge is 0.228 e. The quantitative estimate of drug-likeness (QED) is 0.557. The van der Waals surface area contributed by atoms with Gasteiger partial charge < -0.3 is 9.88 Å². The molecule has 2 heterocycles. The van der Waals surface area contributed by atoms with Crippen molar-refractivity contribution >= 4 is 22.6 Å². The van der Waals surface area contributed by atoms with Crippen LogP contribution in [-0.2, 0) is 17.8 Å². The number of piperidine rings is 1. The summed E-state index contributed by atoms with van der Waals surface area (Å²) in [7, 11) is 0. The number of benzene rings is 2. The van der Waals surface area contributed by atoms with Crippen LogP contribution in [0.15, 0.2) is 48.5 Å². The molecular formula is C26H34N4O. The third-order valence-electron chi connectivity index (χ3n) is 6.22. The number of carbonyl (C=O) groups is 1. The second-order valence-electron chi connectivity index (χ2n) is 8.95. The summed E-state index contributed by atoms with van der Waals surface area (Å²) in [6.45, 7) is 9.15. The topological polar surface area (TPSA) is 50.2 Å². The summed E-state index contributed by atoms with van der Waals surface area (Å²) in [5.74, 6) is 1.25. The first-order valence-corrected chi connectivity index (χ1v) is 11.6. The summed E-state index contributed by atoms with van der Waals surface area (Å²) < 4.78 is 2.33. The Labute approximate surface area is 185 Å². The van der Waals surface area contributed by atoms with Gasteiger partial charge in [-0.2, -0.15) is 0 Å². The molecule has 1 aliphatic rings. The normalized spacial score (nSPS) is 17.4.